The Morgan fingerprint density at radius 1 is 1.07 bits per heavy atom. The third kappa shape index (κ3) is 7.13. The van der Waals surface area contributed by atoms with Crippen LogP contribution in [-0.2, 0) is 34.0 Å². The number of carbonyl (C=O) groups is 1. The molecular weight excluding hydrogens is 585 g/mol. The van der Waals surface area contributed by atoms with Gasteiger partial charge in [0.25, 0.3) is 0 Å². The first-order valence-corrected chi connectivity index (χ1v) is 14.5. The second-order valence-electron chi connectivity index (χ2n) is 9.59. The number of aromatic nitrogens is 1. The Hall–Kier alpha value is -4.47. The fourth-order valence-electron chi connectivity index (χ4n) is 4.77. The van der Waals surface area contributed by atoms with Gasteiger partial charge in [-0.25, -0.2) is 8.42 Å². The molecule has 1 atom stereocenters. The van der Waals surface area contributed by atoms with E-state index in [2.05, 4.69) is 16.6 Å². The molecule has 2 N–H and O–H groups in total. The van der Waals surface area contributed by atoms with Gasteiger partial charge in [-0.1, -0.05) is 24.1 Å². The second kappa shape index (κ2) is 12.8. The predicted octanol–water partition coefficient (Wildman–Crippen LogP) is 5.40. The number of rotatable bonds is 11. The number of benzene rings is 3. The Labute approximate surface area is 247 Å². The minimum absolute atomic E-state index is 0.0296. The van der Waals surface area contributed by atoms with Gasteiger partial charge in [-0.05, 0) is 73.5 Å². The van der Waals surface area contributed by atoms with Gasteiger partial charge >= 0.3 is 12.1 Å². The van der Waals surface area contributed by atoms with Crippen LogP contribution < -0.4 is 14.2 Å². The summed E-state index contributed by atoms with van der Waals surface area (Å²) in [5, 5.41) is 10.6. The van der Waals surface area contributed by atoms with E-state index in [4.69, 9.17) is 9.47 Å². The van der Waals surface area contributed by atoms with Gasteiger partial charge in [0.15, 0.2) is 0 Å². The van der Waals surface area contributed by atoms with Crippen LogP contribution in [0.4, 0.5) is 13.2 Å². The van der Waals surface area contributed by atoms with Crippen molar-refractivity contribution in [3.05, 3.63) is 89.1 Å². The number of fused-ring (bicyclic) bond motifs is 1. The zero-order valence-corrected chi connectivity index (χ0v) is 24.3. The van der Waals surface area contributed by atoms with E-state index in [-0.39, 0.29) is 30.0 Å². The monoisotopic (exact) mass is 614 g/mol. The maximum absolute atomic E-state index is 13.8. The van der Waals surface area contributed by atoms with Crippen LogP contribution in [0, 0.1) is 18.8 Å². The summed E-state index contributed by atoms with van der Waals surface area (Å²) in [4.78, 5) is 12.2. The number of halogens is 3. The lowest BCUT2D eigenvalue weighted by molar-refractivity contribution is -0.139. The number of hydrogen-bond acceptors (Lipinski definition) is 5. The molecule has 0 saturated heterocycles. The molecule has 0 amide bonds. The van der Waals surface area contributed by atoms with Crippen molar-refractivity contribution >= 4 is 26.9 Å². The molecule has 0 aliphatic rings. The number of methoxy groups -OCH3 is 1. The molecular formula is C31H29F3N2O6S. The van der Waals surface area contributed by atoms with Crippen LogP contribution in [0.15, 0.2) is 71.6 Å². The van der Waals surface area contributed by atoms with E-state index in [1.54, 1.807) is 36.6 Å². The highest BCUT2D eigenvalue weighted by atomic mass is 32.2. The molecule has 0 unspecified atom stereocenters. The molecule has 0 bridgehead atoms. The van der Waals surface area contributed by atoms with Crippen LogP contribution in [0.5, 0.6) is 11.5 Å². The molecule has 4 aromatic rings. The van der Waals surface area contributed by atoms with Crippen molar-refractivity contribution < 1.29 is 41.0 Å². The van der Waals surface area contributed by atoms with E-state index < -0.39 is 33.8 Å². The van der Waals surface area contributed by atoms with E-state index >= 15 is 0 Å². The average molecular weight is 615 g/mol. The van der Waals surface area contributed by atoms with E-state index in [9.17, 15) is 31.5 Å². The van der Waals surface area contributed by atoms with Gasteiger partial charge in [0.2, 0.25) is 10.0 Å². The van der Waals surface area contributed by atoms with Crippen molar-refractivity contribution in [1.82, 2.24) is 9.29 Å². The molecule has 4 rings (SSSR count). The van der Waals surface area contributed by atoms with Crippen molar-refractivity contribution in [2.75, 3.05) is 13.7 Å². The molecule has 12 heteroatoms. The zero-order valence-electron chi connectivity index (χ0n) is 23.5. The molecule has 43 heavy (non-hydrogen) atoms. The molecule has 0 spiro atoms. The highest BCUT2D eigenvalue weighted by molar-refractivity contribution is 7.89. The molecule has 0 aliphatic heterocycles. The fourth-order valence-corrected chi connectivity index (χ4v) is 5.96. The summed E-state index contributed by atoms with van der Waals surface area (Å²) in [6.45, 7) is 3.30. The molecule has 226 valence electrons. The lowest BCUT2D eigenvalue weighted by Crippen LogP contribution is -2.42. The first-order chi connectivity index (χ1) is 20.4. The summed E-state index contributed by atoms with van der Waals surface area (Å²) in [5.74, 6) is 4.81. The van der Waals surface area contributed by atoms with Gasteiger partial charge in [0.05, 0.1) is 17.6 Å². The first-order valence-electron chi connectivity index (χ1n) is 13.0. The average Bonchev–Trinajstić information content (AvgIpc) is 3.22. The number of hydrogen-bond donors (Lipinski definition) is 2. The number of nitrogens with zero attached hydrogens (tertiary/aromatic N) is 1. The molecule has 0 radical (unpaired) electrons. The lowest BCUT2D eigenvalue weighted by atomic mass is 10.0. The Morgan fingerprint density at radius 3 is 2.37 bits per heavy atom. The minimum Gasteiger partial charge on any atom is -0.497 e. The van der Waals surface area contributed by atoms with Crippen molar-refractivity contribution in [1.29, 1.82) is 0 Å². The summed E-state index contributed by atoms with van der Waals surface area (Å²) in [7, 11) is -2.83. The van der Waals surface area contributed by atoms with Crippen LogP contribution in [0.3, 0.4) is 0 Å². The first kappa shape index (κ1) is 31.5. The number of alkyl halides is 3. The summed E-state index contributed by atoms with van der Waals surface area (Å²) in [6, 6.07) is 14.1. The molecule has 3 aromatic carbocycles. The van der Waals surface area contributed by atoms with Crippen LogP contribution >= 0.6 is 0 Å². The number of carboxylic acids is 1. The number of ether oxygens (including phenoxy) is 2. The Balaban J connectivity index is 1.70. The Kier molecular flexibility index (Phi) is 9.37. The van der Waals surface area contributed by atoms with Crippen LogP contribution in [0.25, 0.3) is 10.9 Å². The molecule has 0 fully saturated rings. The maximum Gasteiger partial charge on any atom is 0.416 e. The molecule has 0 saturated carbocycles. The third-order valence-corrected chi connectivity index (χ3v) is 8.43. The van der Waals surface area contributed by atoms with Gasteiger partial charge in [0.1, 0.15) is 24.1 Å². The standard InChI is InChI=1S/C31H29F3N2O6S/c1-4-5-16-42-22-10-13-24(14-11-22)43(39,40)35-28(30(37)38)18-25-20(2)36(29-15-12-23(41-3)17-26(25)29)19-21-8-6-7-9-27(21)31(32,33)34/h6-15,17,28,35H,16,18-19H2,1-3H3,(H,37,38)/t28-/m0/s1. The zero-order chi connectivity index (χ0) is 31.4. The third-order valence-electron chi connectivity index (χ3n) is 6.94. The normalized spacial score (nSPS) is 12.4. The van der Waals surface area contributed by atoms with E-state index in [1.165, 1.54) is 49.6 Å². The summed E-state index contributed by atoms with van der Waals surface area (Å²) in [5.41, 5.74) is 0.733. The molecule has 1 heterocycles. The van der Waals surface area contributed by atoms with Gasteiger partial charge in [-0.2, -0.15) is 17.9 Å². The summed E-state index contributed by atoms with van der Waals surface area (Å²) >= 11 is 0. The van der Waals surface area contributed by atoms with Gasteiger partial charge in [-0.3, -0.25) is 4.79 Å². The minimum atomic E-state index is -4.57. The quantitative estimate of drug-likeness (QED) is 0.219. The molecule has 1 aromatic heterocycles. The highest BCUT2D eigenvalue weighted by Crippen LogP contribution is 2.35. The smallest absolute Gasteiger partial charge is 0.416 e. The van der Waals surface area contributed by atoms with E-state index in [0.29, 0.717) is 33.7 Å². The molecule has 0 aliphatic carbocycles. The summed E-state index contributed by atoms with van der Waals surface area (Å²) < 4.78 is 82.2. The van der Waals surface area contributed by atoms with E-state index in [0.717, 1.165) is 6.07 Å². The van der Waals surface area contributed by atoms with Crippen LogP contribution in [0.2, 0.25) is 0 Å². The summed E-state index contributed by atoms with van der Waals surface area (Å²) in [6.07, 6.45) is -4.85. The largest absolute Gasteiger partial charge is 0.497 e. The fraction of sp³-hybridized carbons (Fsp3) is 0.258. The number of carboxylic acid groups (broad SMARTS) is 1. The SMILES string of the molecule is CC#CCOc1ccc(S(=O)(=O)N[C@@H](Cc2c(C)n(Cc3ccccc3C(F)(F)F)c3ccc(OC)cc23)C(=O)O)cc1. The predicted molar refractivity (Wildman–Crippen MR) is 155 cm³/mol. The topological polar surface area (TPSA) is 107 Å². The van der Waals surface area contributed by atoms with Crippen molar-refractivity contribution in [3.8, 4) is 23.3 Å². The number of nitrogens with one attached hydrogen (secondary N) is 1. The van der Waals surface area contributed by atoms with Gasteiger partial charge in [0, 0.05) is 29.6 Å². The highest BCUT2D eigenvalue weighted by Gasteiger charge is 2.33. The Bertz CT molecular complexity index is 1800. The van der Waals surface area contributed by atoms with Crippen molar-refractivity contribution in [2.24, 2.45) is 0 Å². The van der Waals surface area contributed by atoms with Crippen LogP contribution in [-0.4, -0.2) is 43.8 Å². The maximum atomic E-state index is 13.8. The van der Waals surface area contributed by atoms with E-state index in [1.807, 2.05) is 0 Å². The second-order valence-corrected chi connectivity index (χ2v) is 11.3. The Morgan fingerprint density at radius 2 is 1.74 bits per heavy atom. The van der Waals surface area contributed by atoms with Gasteiger partial charge in [-0.15, -0.1) is 5.92 Å². The van der Waals surface area contributed by atoms with Crippen LogP contribution in [0.1, 0.15) is 29.3 Å². The number of sulfonamides is 1. The van der Waals surface area contributed by atoms with Gasteiger partial charge < -0.3 is 19.1 Å². The lowest BCUT2D eigenvalue weighted by Gasteiger charge is -2.17. The molecule has 8 nitrogen and oxygen atoms in total. The van der Waals surface area contributed by atoms with Crippen molar-refractivity contribution in [2.45, 2.75) is 43.9 Å². The number of aliphatic carboxylic acids is 1. The van der Waals surface area contributed by atoms with Crippen molar-refractivity contribution in [3.63, 3.8) is 0 Å².